The van der Waals surface area contributed by atoms with Crippen molar-refractivity contribution in [3.8, 4) is 11.5 Å². The smallest absolute Gasteiger partial charge is 0.305 e. The Bertz CT molecular complexity index is 828. The summed E-state index contributed by atoms with van der Waals surface area (Å²) in [6.45, 7) is 12.9. The average Bonchev–Trinajstić information content (AvgIpc) is 2.73. The highest BCUT2D eigenvalue weighted by Gasteiger charge is 2.31. The molecule has 182 valence electrons. The summed E-state index contributed by atoms with van der Waals surface area (Å²) < 4.78 is 22.1. The molecule has 1 aliphatic carbocycles. The van der Waals surface area contributed by atoms with E-state index in [1.807, 2.05) is 19.1 Å². The van der Waals surface area contributed by atoms with Crippen LogP contribution in [-0.2, 0) is 25.5 Å². The van der Waals surface area contributed by atoms with Crippen LogP contribution in [0.3, 0.4) is 0 Å². The van der Waals surface area contributed by atoms with Gasteiger partial charge in [0, 0.05) is 25.3 Å². The van der Waals surface area contributed by atoms with Crippen molar-refractivity contribution in [2.45, 2.75) is 79.1 Å². The van der Waals surface area contributed by atoms with Crippen molar-refractivity contribution in [2.24, 2.45) is 5.92 Å². The maximum Gasteiger partial charge on any atom is 0.305 e. The molecule has 0 radical (unpaired) electrons. The van der Waals surface area contributed by atoms with Gasteiger partial charge in [0.1, 0.15) is 11.5 Å². The third-order valence-electron chi connectivity index (χ3n) is 5.90. The molecule has 0 amide bonds. The van der Waals surface area contributed by atoms with Gasteiger partial charge in [0.25, 0.3) is 0 Å². The van der Waals surface area contributed by atoms with Gasteiger partial charge in [-0.3, -0.25) is 9.59 Å². The van der Waals surface area contributed by atoms with E-state index in [1.54, 1.807) is 0 Å². The van der Waals surface area contributed by atoms with Crippen LogP contribution in [0.1, 0.15) is 83.8 Å². The SMILES string of the molecule is C=C(C)C1CCC(C)=CC1c1c(OCOC(C)=O)cc(CCCCC)cc1OCOC(C)=O. The minimum Gasteiger partial charge on any atom is -0.457 e. The summed E-state index contributed by atoms with van der Waals surface area (Å²) in [6.07, 6.45) is 8.38. The fraction of sp³-hybridized carbons (Fsp3) is 0.556. The first kappa shape index (κ1) is 26.5. The Morgan fingerprint density at radius 1 is 1.00 bits per heavy atom. The Hall–Kier alpha value is -2.76. The predicted octanol–water partition coefficient (Wildman–Crippen LogP) is 6.23. The maximum atomic E-state index is 11.3. The molecule has 0 N–H and O–H groups in total. The van der Waals surface area contributed by atoms with Crippen molar-refractivity contribution in [1.29, 1.82) is 0 Å². The number of allylic oxidation sites excluding steroid dienone is 3. The van der Waals surface area contributed by atoms with Crippen LogP contribution >= 0.6 is 0 Å². The molecule has 33 heavy (non-hydrogen) atoms. The first-order chi connectivity index (χ1) is 15.7. The molecule has 2 atom stereocenters. The number of ether oxygens (including phenoxy) is 4. The third-order valence-corrected chi connectivity index (χ3v) is 5.90. The molecule has 0 bridgehead atoms. The summed E-state index contributed by atoms with van der Waals surface area (Å²) in [5, 5.41) is 0. The van der Waals surface area contributed by atoms with Crippen molar-refractivity contribution in [2.75, 3.05) is 13.6 Å². The molecule has 6 nitrogen and oxygen atoms in total. The number of esters is 2. The Morgan fingerprint density at radius 3 is 2.06 bits per heavy atom. The first-order valence-corrected chi connectivity index (χ1v) is 11.7. The molecule has 1 aliphatic rings. The summed E-state index contributed by atoms with van der Waals surface area (Å²) in [5.41, 5.74) is 4.31. The summed E-state index contributed by atoms with van der Waals surface area (Å²) in [6, 6.07) is 4.03. The molecule has 0 aliphatic heterocycles. The highest BCUT2D eigenvalue weighted by molar-refractivity contribution is 5.66. The maximum absolute atomic E-state index is 11.3. The van der Waals surface area contributed by atoms with Crippen molar-refractivity contribution in [3.63, 3.8) is 0 Å². The van der Waals surface area contributed by atoms with Crippen LogP contribution in [0.4, 0.5) is 0 Å². The fourth-order valence-electron chi connectivity index (χ4n) is 4.20. The molecule has 1 aromatic rings. The van der Waals surface area contributed by atoms with Crippen molar-refractivity contribution < 1.29 is 28.5 Å². The summed E-state index contributed by atoms with van der Waals surface area (Å²) >= 11 is 0. The Kier molecular flexibility index (Phi) is 10.5. The average molecular weight is 459 g/mol. The standard InChI is InChI=1S/C27H38O6/c1-7-8-9-10-22-14-25(32-16-30-20(5)28)27(26(15-22)33-17-31-21(6)29)24-13-19(4)11-12-23(24)18(2)3/h13-15,23-24H,2,7-12,16-17H2,1,3-6H3. The molecule has 1 aromatic carbocycles. The number of unbranched alkanes of at least 4 members (excludes halogenated alkanes) is 2. The lowest BCUT2D eigenvalue weighted by Gasteiger charge is -2.33. The highest BCUT2D eigenvalue weighted by Crippen LogP contribution is 2.47. The topological polar surface area (TPSA) is 71.1 Å². The number of aryl methyl sites for hydroxylation is 1. The number of benzene rings is 1. The van der Waals surface area contributed by atoms with E-state index < -0.39 is 11.9 Å². The second-order valence-corrected chi connectivity index (χ2v) is 8.79. The molecule has 2 rings (SSSR count). The van der Waals surface area contributed by atoms with Gasteiger partial charge in [-0.25, -0.2) is 0 Å². The van der Waals surface area contributed by atoms with E-state index in [0.29, 0.717) is 11.5 Å². The first-order valence-electron chi connectivity index (χ1n) is 11.7. The van der Waals surface area contributed by atoms with E-state index in [2.05, 4.69) is 26.5 Å². The number of hydrogen-bond donors (Lipinski definition) is 0. The largest absolute Gasteiger partial charge is 0.457 e. The van der Waals surface area contributed by atoms with E-state index in [1.165, 1.54) is 19.4 Å². The fourth-order valence-corrected chi connectivity index (χ4v) is 4.20. The normalized spacial score (nSPS) is 17.7. The summed E-state index contributed by atoms with van der Waals surface area (Å²) in [5.74, 6) is 0.619. The van der Waals surface area contributed by atoms with Gasteiger partial charge in [-0.2, -0.15) is 0 Å². The van der Waals surface area contributed by atoms with Crippen LogP contribution in [0, 0.1) is 5.92 Å². The summed E-state index contributed by atoms with van der Waals surface area (Å²) in [4.78, 5) is 22.6. The van der Waals surface area contributed by atoms with Gasteiger partial charge in [0.2, 0.25) is 13.6 Å². The molecule has 0 heterocycles. The van der Waals surface area contributed by atoms with Gasteiger partial charge in [0.05, 0.1) is 0 Å². The third kappa shape index (κ3) is 8.26. The molecule has 0 spiro atoms. The Balaban J connectivity index is 2.55. The number of carbonyl (C=O) groups excluding carboxylic acids is 2. The number of hydrogen-bond acceptors (Lipinski definition) is 6. The molecule has 0 aromatic heterocycles. The molecule has 0 fully saturated rings. The monoisotopic (exact) mass is 458 g/mol. The lowest BCUT2D eigenvalue weighted by Crippen LogP contribution is -2.20. The van der Waals surface area contributed by atoms with Crippen molar-refractivity contribution >= 4 is 11.9 Å². The highest BCUT2D eigenvalue weighted by atomic mass is 16.7. The van der Waals surface area contributed by atoms with E-state index >= 15 is 0 Å². The van der Waals surface area contributed by atoms with Gasteiger partial charge in [-0.05, 0) is 63.1 Å². The molecule has 0 saturated carbocycles. The Morgan fingerprint density at radius 2 is 1.58 bits per heavy atom. The summed E-state index contributed by atoms with van der Waals surface area (Å²) in [7, 11) is 0. The number of rotatable bonds is 12. The van der Waals surface area contributed by atoms with Gasteiger partial charge in [0.15, 0.2) is 0 Å². The van der Waals surface area contributed by atoms with Gasteiger partial charge >= 0.3 is 11.9 Å². The van der Waals surface area contributed by atoms with E-state index in [0.717, 1.165) is 55.2 Å². The van der Waals surface area contributed by atoms with E-state index in [-0.39, 0.29) is 25.4 Å². The van der Waals surface area contributed by atoms with Crippen molar-refractivity contribution in [3.05, 3.63) is 47.1 Å². The van der Waals surface area contributed by atoms with Crippen LogP contribution in [0.5, 0.6) is 11.5 Å². The van der Waals surface area contributed by atoms with Crippen LogP contribution < -0.4 is 9.47 Å². The van der Waals surface area contributed by atoms with Gasteiger partial charge < -0.3 is 18.9 Å². The zero-order valence-corrected chi connectivity index (χ0v) is 20.7. The zero-order chi connectivity index (χ0) is 24.4. The van der Waals surface area contributed by atoms with Crippen LogP contribution in [0.15, 0.2) is 35.9 Å². The van der Waals surface area contributed by atoms with Crippen LogP contribution in [-0.4, -0.2) is 25.5 Å². The minimum absolute atomic E-state index is 0.0133. The van der Waals surface area contributed by atoms with Crippen LogP contribution in [0.2, 0.25) is 0 Å². The van der Waals surface area contributed by atoms with E-state index in [9.17, 15) is 9.59 Å². The second kappa shape index (κ2) is 13.1. The Labute approximate surface area is 197 Å². The van der Waals surface area contributed by atoms with Gasteiger partial charge in [-0.15, -0.1) is 0 Å². The van der Waals surface area contributed by atoms with Gasteiger partial charge in [-0.1, -0.05) is 43.6 Å². The van der Waals surface area contributed by atoms with E-state index in [4.69, 9.17) is 18.9 Å². The molecule has 0 saturated heterocycles. The second-order valence-electron chi connectivity index (χ2n) is 8.79. The molecule has 2 unspecified atom stereocenters. The predicted molar refractivity (Wildman–Crippen MR) is 128 cm³/mol. The van der Waals surface area contributed by atoms with Crippen molar-refractivity contribution in [1.82, 2.24) is 0 Å². The lowest BCUT2D eigenvalue weighted by molar-refractivity contribution is -0.148. The number of carbonyl (C=O) groups is 2. The molecular formula is C27H38O6. The molecular weight excluding hydrogens is 420 g/mol. The zero-order valence-electron chi connectivity index (χ0n) is 20.7. The minimum atomic E-state index is -0.407. The van der Waals surface area contributed by atoms with Crippen LogP contribution in [0.25, 0.3) is 0 Å². The quantitative estimate of drug-likeness (QED) is 0.160. The molecule has 6 heteroatoms. The lowest BCUT2D eigenvalue weighted by atomic mass is 9.73.